The first-order chi connectivity index (χ1) is 6.66. The van der Waals surface area contributed by atoms with Gasteiger partial charge in [0.05, 0.1) is 5.69 Å². The second-order valence-electron chi connectivity index (χ2n) is 3.49. The van der Waals surface area contributed by atoms with E-state index < -0.39 is 0 Å². The summed E-state index contributed by atoms with van der Waals surface area (Å²) in [6.45, 7) is 4.05. The summed E-state index contributed by atoms with van der Waals surface area (Å²) in [5.74, 6) is 0. The summed E-state index contributed by atoms with van der Waals surface area (Å²) in [6.07, 6.45) is 1.79. The number of anilines is 1. The first kappa shape index (κ1) is 8.81. The number of nitrogen functional groups attached to an aromatic ring is 1. The highest BCUT2D eigenvalue weighted by atomic mass is 15.3. The summed E-state index contributed by atoms with van der Waals surface area (Å²) in [6, 6.07) is 7.91. The third kappa shape index (κ3) is 1.48. The monoisotopic (exact) mass is 187 g/mol. The van der Waals surface area contributed by atoms with E-state index in [4.69, 9.17) is 5.73 Å². The fraction of sp³-hybridized carbons (Fsp3) is 0.182. The van der Waals surface area contributed by atoms with Gasteiger partial charge in [0, 0.05) is 17.6 Å². The Balaban J connectivity index is 2.57. The van der Waals surface area contributed by atoms with Crippen LogP contribution in [0.4, 0.5) is 5.69 Å². The molecular weight excluding hydrogens is 174 g/mol. The van der Waals surface area contributed by atoms with Gasteiger partial charge in [-0.2, -0.15) is 5.10 Å². The van der Waals surface area contributed by atoms with Crippen LogP contribution in [0.1, 0.15) is 11.3 Å². The molecule has 0 saturated heterocycles. The summed E-state index contributed by atoms with van der Waals surface area (Å²) < 4.78 is 1.88. The van der Waals surface area contributed by atoms with E-state index in [0.29, 0.717) is 0 Å². The van der Waals surface area contributed by atoms with Crippen LogP contribution in [0.2, 0.25) is 0 Å². The Hall–Kier alpha value is -1.77. The summed E-state index contributed by atoms with van der Waals surface area (Å²) in [4.78, 5) is 0. The van der Waals surface area contributed by atoms with Crippen molar-refractivity contribution in [2.45, 2.75) is 13.8 Å². The largest absolute Gasteiger partial charge is 0.399 e. The standard InChI is InChI=1S/C11H13N3/c1-8-5-10(12)7-11(6-8)14-9(2)3-4-13-14/h3-7H,12H2,1-2H3. The van der Waals surface area contributed by atoms with Crippen LogP contribution >= 0.6 is 0 Å². The zero-order valence-corrected chi connectivity index (χ0v) is 8.36. The molecule has 72 valence electrons. The maximum Gasteiger partial charge on any atom is 0.0671 e. The first-order valence-electron chi connectivity index (χ1n) is 4.55. The third-order valence-electron chi connectivity index (χ3n) is 2.16. The molecule has 14 heavy (non-hydrogen) atoms. The first-order valence-corrected chi connectivity index (χ1v) is 4.55. The van der Waals surface area contributed by atoms with Crippen molar-refractivity contribution < 1.29 is 0 Å². The van der Waals surface area contributed by atoms with Crippen molar-refractivity contribution in [2.75, 3.05) is 5.73 Å². The highest BCUT2D eigenvalue weighted by Gasteiger charge is 2.01. The summed E-state index contributed by atoms with van der Waals surface area (Å²) in [5.41, 5.74) is 9.82. The van der Waals surface area contributed by atoms with Crippen molar-refractivity contribution in [1.29, 1.82) is 0 Å². The smallest absolute Gasteiger partial charge is 0.0671 e. The van der Waals surface area contributed by atoms with E-state index in [1.54, 1.807) is 6.20 Å². The molecule has 2 rings (SSSR count). The maximum atomic E-state index is 5.77. The van der Waals surface area contributed by atoms with Gasteiger partial charge >= 0.3 is 0 Å². The fourth-order valence-electron chi connectivity index (χ4n) is 1.55. The van der Waals surface area contributed by atoms with Crippen LogP contribution in [0.3, 0.4) is 0 Å². The van der Waals surface area contributed by atoms with Crippen molar-refractivity contribution in [2.24, 2.45) is 0 Å². The third-order valence-corrected chi connectivity index (χ3v) is 2.16. The highest BCUT2D eigenvalue weighted by Crippen LogP contribution is 2.16. The van der Waals surface area contributed by atoms with Gasteiger partial charge in [-0.25, -0.2) is 4.68 Å². The average Bonchev–Trinajstić information content (AvgIpc) is 2.49. The molecule has 3 nitrogen and oxygen atoms in total. The molecule has 0 amide bonds. The van der Waals surface area contributed by atoms with Crippen molar-refractivity contribution in [1.82, 2.24) is 9.78 Å². The van der Waals surface area contributed by atoms with Crippen LogP contribution < -0.4 is 5.73 Å². The number of nitrogens with zero attached hydrogens (tertiary/aromatic N) is 2. The number of nitrogens with two attached hydrogens (primary N) is 1. The maximum absolute atomic E-state index is 5.77. The van der Waals surface area contributed by atoms with Crippen molar-refractivity contribution >= 4 is 5.69 Å². The summed E-state index contributed by atoms with van der Waals surface area (Å²) >= 11 is 0. The molecule has 0 atom stereocenters. The minimum absolute atomic E-state index is 0.773. The summed E-state index contributed by atoms with van der Waals surface area (Å²) in [7, 11) is 0. The number of benzene rings is 1. The molecule has 2 N–H and O–H groups in total. The lowest BCUT2D eigenvalue weighted by Crippen LogP contribution is -2.00. The summed E-state index contributed by atoms with van der Waals surface area (Å²) in [5, 5.41) is 4.23. The predicted molar refractivity (Wildman–Crippen MR) is 57.5 cm³/mol. The van der Waals surface area contributed by atoms with Gasteiger partial charge < -0.3 is 5.73 Å². The van der Waals surface area contributed by atoms with Gasteiger partial charge in [-0.05, 0) is 43.7 Å². The Morgan fingerprint density at radius 3 is 2.57 bits per heavy atom. The Morgan fingerprint density at radius 2 is 2.00 bits per heavy atom. The Bertz CT molecular complexity index is 437. The average molecular weight is 187 g/mol. The normalized spacial score (nSPS) is 10.4. The minimum atomic E-state index is 0.773. The topological polar surface area (TPSA) is 43.8 Å². The van der Waals surface area contributed by atoms with E-state index in [9.17, 15) is 0 Å². The van der Waals surface area contributed by atoms with E-state index >= 15 is 0 Å². The van der Waals surface area contributed by atoms with E-state index in [-0.39, 0.29) is 0 Å². The number of rotatable bonds is 1. The molecule has 0 fully saturated rings. The Morgan fingerprint density at radius 1 is 1.21 bits per heavy atom. The zero-order chi connectivity index (χ0) is 10.1. The molecule has 3 heteroatoms. The van der Waals surface area contributed by atoms with Gasteiger partial charge in [-0.1, -0.05) is 0 Å². The van der Waals surface area contributed by atoms with Crippen LogP contribution in [0.5, 0.6) is 0 Å². The molecule has 0 aliphatic carbocycles. The van der Waals surface area contributed by atoms with E-state index in [1.807, 2.05) is 36.7 Å². The van der Waals surface area contributed by atoms with Crippen molar-refractivity contribution in [3.8, 4) is 5.69 Å². The van der Waals surface area contributed by atoms with Gasteiger partial charge in [0.15, 0.2) is 0 Å². The lowest BCUT2D eigenvalue weighted by molar-refractivity contribution is 0.846. The van der Waals surface area contributed by atoms with Crippen LogP contribution in [0.15, 0.2) is 30.5 Å². The molecule has 0 unspecified atom stereocenters. The number of hydrogen-bond donors (Lipinski definition) is 1. The molecule has 0 saturated carbocycles. The number of aromatic nitrogens is 2. The lowest BCUT2D eigenvalue weighted by atomic mass is 10.2. The molecular formula is C11H13N3. The van der Waals surface area contributed by atoms with Crippen molar-refractivity contribution in [3.05, 3.63) is 41.7 Å². The van der Waals surface area contributed by atoms with Crippen molar-refractivity contribution in [3.63, 3.8) is 0 Å². The molecule has 2 aromatic rings. The Labute approximate surface area is 83.2 Å². The van der Waals surface area contributed by atoms with Gasteiger partial charge in [-0.3, -0.25) is 0 Å². The molecule has 1 aromatic carbocycles. The second kappa shape index (κ2) is 3.18. The van der Waals surface area contributed by atoms with Crippen LogP contribution in [0, 0.1) is 13.8 Å². The predicted octanol–water partition coefficient (Wildman–Crippen LogP) is 2.07. The minimum Gasteiger partial charge on any atom is -0.399 e. The molecule has 0 bridgehead atoms. The molecule has 0 aliphatic rings. The van der Waals surface area contributed by atoms with Crippen LogP contribution in [-0.2, 0) is 0 Å². The second-order valence-corrected chi connectivity index (χ2v) is 3.49. The number of aryl methyl sites for hydroxylation is 2. The van der Waals surface area contributed by atoms with E-state index in [2.05, 4.69) is 11.2 Å². The van der Waals surface area contributed by atoms with Crippen LogP contribution in [-0.4, -0.2) is 9.78 Å². The lowest BCUT2D eigenvalue weighted by Gasteiger charge is -2.06. The Kier molecular flexibility index (Phi) is 2.00. The molecule has 0 aliphatic heterocycles. The van der Waals surface area contributed by atoms with Gasteiger partial charge in [0.25, 0.3) is 0 Å². The van der Waals surface area contributed by atoms with E-state index in [0.717, 1.165) is 22.6 Å². The fourth-order valence-corrected chi connectivity index (χ4v) is 1.55. The van der Waals surface area contributed by atoms with Gasteiger partial charge in [0.2, 0.25) is 0 Å². The number of hydrogen-bond acceptors (Lipinski definition) is 2. The molecule has 1 heterocycles. The molecule has 0 radical (unpaired) electrons. The SMILES string of the molecule is Cc1cc(N)cc(-n2nccc2C)c1. The van der Waals surface area contributed by atoms with Crippen LogP contribution in [0.25, 0.3) is 5.69 Å². The molecule has 1 aromatic heterocycles. The highest BCUT2D eigenvalue weighted by molar-refractivity contribution is 5.50. The molecule has 0 spiro atoms. The van der Waals surface area contributed by atoms with E-state index in [1.165, 1.54) is 0 Å². The van der Waals surface area contributed by atoms with Gasteiger partial charge in [-0.15, -0.1) is 0 Å². The zero-order valence-electron chi connectivity index (χ0n) is 8.36. The van der Waals surface area contributed by atoms with Gasteiger partial charge in [0.1, 0.15) is 0 Å². The quantitative estimate of drug-likeness (QED) is 0.694.